The van der Waals surface area contributed by atoms with Crippen LogP contribution in [0.4, 0.5) is 5.69 Å². The number of rotatable bonds is 1. The molecule has 3 fully saturated rings. The summed E-state index contributed by atoms with van der Waals surface area (Å²) in [4.78, 5) is 27.1. The Balaban J connectivity index is 1.62. The zero-order valence-corrected chi connectivity index (χ0v) is 12.0. The van der Waals surface area contributed by atoms with Gasteiger partial charge in [0.1, 0.15) is 0 Å². The van der Waals surface area contributed by atoms with E-state index in [1.807, 2.05) is 12.1 Å². The molecule has 0 spiro atoms. The number of carbonyl (C=O) groups excluding carboxylic acids is 2. The first kappa shape index (κ1) is 12.0. The molecule has 0 radical (unpaired) electrons. The zero-order chi connectivity index (χ0) is 14.3. The molecule has 4 aliphatic carbocycles. The molecule has 0 unspecified atom stereocenters. The second kappa shape index (κ2) is 3.77. The molecule has 5 aliphatic rings. The van der Waals surface area contributed by atoms with Gasteiger partial charge in [0, 0.05) is 0 Å². The maximum absolute atomic E-state index is 12.9. The number of allylic oxidation sites excluding steroid dienone is 2. The van der Waals surface area contributed by atoms with Gasteiger partial charge in [0.2, 0.25) is 11.8 Å². The first-order chi connectivity index (χ1) is 10.2. The Kier molecular flexibility index (Phi) is 2.15. The highest BCUT2D eigenvalue weighted by atomic mass is 35.5. The molecule has 1 aromatic rings. The largest absolute Gasteiger partial charge is 0.274 e. The second-order valence-electron chi connectivity index (χ2n) is 6.62. The quantitative estimate of drug-likeness (QED) is 0.591. The fraction of sp³-hybridized carbons (Fsp3) is 0.412. The Labute approximate surface area is 127 Å². The highest BCUT2D eigenvalue weighted by molar-refractivity contribution is 6.36. The third kappa shape index (κ3) is 1.35. The van der Waals surface area contributed by atoms with Crippen molar-refractivity contribution in [3.63, 3.8) is 0 Å². The summed E-state index contributed by atoms with van der Waals surface area (Å²) in [6.45, 7) is 0. The smallest absolute Gasteiger partial charge is 0.238 e. The van der Waals surface area contributed by atoms with Gasteiger partial charge >= 0.3 is 0 Å². The SMILES string of the molecule is O=C1[C@@H]2[C@@H]3C=C[C@H]([C@@H]4C[C@H]34)[C@@H]2C(=O)N1c1ccccc1Cl. The number of hydrogen-bond acceptors (Lipinski definition) is 2. The summed E-state index contributed by atoms with van der Waals surface area (Å²) in [6.07, 6.45) is 5.55. The van der Waals surface area contributed by atoms with Crippen LogP contribution in [-0.2, 0) is 9.59 Å². The number of benzene rings is 1. The van der Waals surface area contributed by atoms with Crippen molar-refractivity contribution in [3.8, 4) is 0 Å². The molecule has 1 aromatic carbocycles. The van der Waals surface area contributed by atoms with Crippen LogP contribution in [0.1, 0.15) is 6.42 Å². The van der Waals surface area contributed by atoms with Crippen LogP contribution in [0.2, 0.25) is 5.02 Å². The van der Waals surface area contributed by atoms with Crippen molar-refractivity contribution in [2.24, 2.45) is 35.5 Å². The predicted molar refractivity (Wildman–Crippen MR) is 78.6 cm³/mol. The summed E-state index contributed by atoms with van der Waals surface area (Å²) in [5.74, 6) is 1.35. The van der Waals surface area contributed by atoms with E-state index in [2.05, 4.69) is 12.2 Å². The Bertz CT molecular complexity index is 676. The van der Waals surface area contributed by atoms with Crippen LogP contribution in [-0.4, -0.2) is 11.8 Å². The van der Waals surface area contributed by atoms with E-state index in [1.165, 1.54) is 11.3 Å². The van der Waals surface area contributed by atoms with Crippen molar-refractivity contribution in [2.75, 3.05) is 4.90 Å². The summed E-state index contributed by atoms with van der Waals surface area (Å²) in [6, 6.07) is 7.10. The van der Waals surface area contributed by atoms with Gasteiger partial charge in [-0.05, 0) is 42.2 Å². The monoisotopic (exact) mass is 299 g/mol. The number of para-hydroxylation sites is 1. The van der Waals surface area contributed by atoms with E-state index in [-0.39, 0.29) is 35.5 Å². The number of halogens is 1. The molecule has 2 amide bonds. The third-order valence-electron chi connectivity index (χ3n) is 5.76. The lowest BCUT2D eigenvalue weighted by Gasteiger charge is -2.37. The van der Waals surface area contributed by atoms with Gasteiger partial charge < -0.3 is 0 Å². The maximum Gasteiger partial charge on any atom is 0.238 e. The van der Waals surface area contributed by atoms with Gasteiger partial charge in [0.05, 0.1) is 22.5 Å². The van der Waals surface area contributed by atoms with E-state index >= 15 is 0 Å². The Morgan fingerprint density at radius 2 is 1.52 bits per heavy atom. The van der Waals surface area contributed by atoms with Crippen molar-refractivity contribution >= 4 is 29.1 Å². The normalized spacial score (nSPS) is 42.2. The van der Waals surface area contributed by atoms with Crippen molar-refractivity contribution in [3.05, 3.63) is 41.4 Å². The summed E-state index contributed by atoms with van der Waals surface area (Å²) in [5, 5.41) is 0.461. The second-order valence-corrected chi connectivity index (χ2v) is 7.03. The van der Waals surface area contributed by atoms with Crippen LogP contribution >= 0.6 is 11.6 Å². The lowest BCUT2D eigenvalue weighted by molar-refractivity contribution is -0.124. The minimum Gasteiger partial charge on any atom is -0.274 e. The van der Waals surface area contributed by atoms with Crippen LogP contribution in [0.3, 0.4) is 0 Å². The molecular weight excluding hydrogens is 286 g/mol. The minimum absolute atomic E-state index is 0.0530. The van der Waals surface area contributed by atoms with Crippen molar-refractivity contribution in [1.82, 2.24) is 0 Å². The molecule has 1 saturated heterocycles. The number of anilines is 1. The third-order valence-corrected chi connectivity index (χ3v) is 6.08. The molecular formula is C17H14ClNO2. The number of hydrogen-bond donors (Lipinski definition) is 0. The Morgan fingerprint density at radius 3 is 2.10 bits per heavy atom. The summed E-state index contributed by atoms with van der Waals surface area (Å²) in [7, 11) is 0. The molecule has 21 heavy (non-hydrogen) atoms. The number of imide groups is 1. The molecule has 1 aliphatic heterocycles. The van der Waals surface area contributed by atoms with Gasteiger partial charge in [0.15, 0.2) is 0 Å². The molecule has 6 rings (SSSR count). The number of amides is 2. The molecule has 4 heteroatoms. The fourth-order valence-corrected chi connectivity index (χ4v) is 5.05. The molecule has 1 heterocycles. The van der Waals surface area contributed by atoms with Crippen LogP contribution in [0.25, 0.3) is 0 Å². The Hall–Kier alpha value is -1.61. The van der Waals surface area contributed by atoms with Gasteiger partial charge in [-0.25, -0.2) is 4.90 Å². The van der Waals surface area contributed by atoms with Crippen molar-refractivity contribution in [2.45, 2.75) is 6.42 Å². The standard InChI is InChI=1S/C17H14ClNO2/c18-12-3-1-2-4-13(12)19-16(20)14-8-5-6-9(11-7-10(8)11)15(14)17(19)21/h1-6,8-11,14-15H,7H2/t8-,9-,10-,11+,14-,15+/m1/s1. The molecule has 0 aromatic heterocycles. The summed E-state index contributed by atoms with van der Waals surface area (Å²) in [5.41, 5.74) is 0.539. The average molecular weight is 300 g/mol. The predicted octanol–water partition coefficient (Wildman–Crippen LogP) is 2.90. The van der Waals surface area contributed by atoms with Gasteiger partial charge in [0.25, 0.3) is 0 Å². The zero-order valence-electron chi connectivity index (χ0n) is 11.3. The van der Waals surface area contributed by atoms with Crippen molar-refractivity contribution < 1.29 is 9.59 Å². The van der Waals surface area contributed by atoms with E-state index in [4.69, 9.17) is 11.6 Å². The lowest BCUT2D eigenvalue weighted by atomic mass is 9.63. The molecule has 106 valence electrons. The van der Waals surface area contributed by atoms with E-state index in [1.54, 1.807) is 12.1 Å². The highest BCUT2D eigenvalue weighted by Crippen LogP contribution is 2.65. The molecule has 6 atom stereocenters. The Morgan fingerprint density at radius 1 is 0.952 bits per heavy atom. The van der Waals surface area contributed by atoms with E-state index in [0.717, 1.165) is 0 Å². The van der Waals surface area contributed by atoms with Crippen LogP contribution < -0.4 is 4.90 Å². The number of carbonyl (C=O) groups is 2. The molecule has 2 saturated carbocycles. The van der Waals surface area contributed by atoms with E-state index < -0.39 is 0 Å². The lowest BCUT2D eigenvalue weighted by Crippen LogP contribution is -2.40. The fourth-order valence-electron chi connectivity index (χ4n) is 4.83. The van der Waals surface area contributed by atoms with Gasteiger partial charge in [-0.2, -0.15) is 0 Å². The minimum atomic E-state index is -0.160. The van der Waals surface area contributed by atoms with E-state index in [0.29, 0.717) is 22.5 Å². The van der Waals surface area contributed by atoms with Gasteiger partial charge in [-0.3, -0.25) is 9.59 Å². The first-order valence-electron chi connectivity index (χ1n) is 7.49. The van der Waals surface area contributed by atoms with Gasteiger partial charge in [-0.1, -0.05) is 35.9 Å². The maximum atomic E-state index is 12.9. The van der Waals surface area contributed by atoms with Crippen LogP contribution in [0, 0.1) is 35.5 Å². The highest BCUT2D eigenvalue weighted by Gasteiger charge is 2.67. The van der Waals surface area contributed by atoms with Crippen molar-refractivity contribution in [1.29, 1.82) is 0 Å². The average Bonchev–Trinajstić information content (AvgIpc) is 3.26. The van der Waals surface area contributed by atoms with Gasteiger partial charge in [-0.15, -0.1) is 0 Å². The van der Waals surface area contributed by atoms with Crippen LogP contribution in [0.5, 0.6) is 0 Å². The van der Waals surface area contributed by atoms with Crippen LogP contribution in [0.15, 0.2) is 36.4 Å². The summed E-state index contributed by atoms with van der Waals surface area (Å²) < 4.78 is 0. The van der Waals surface area contributed by atoms with E-state index in [9.17, 15) is 9.59 Å². The molecule has 2 bridgehead atoms. The molecule has 3 nitrogen and oxygen atoms in total. The first-order valence-corrected chi connectivity index (χ1v) is 7.87. The topological polar surface area (TPSA) is 37.4 Å². The summed E-state index contributed by atoms with van der Waals surface area (Å²) >= 11 is 6.20. The number of nitrogens with zero attached hydrogens (tertiary/aromatic N) is 1. The molecule has 0 N–H and O–H groups in total.